The molecule has 0 radical (unpaired) electrons. The second kappa shape index (κ2) is 13.6. The molecule has 1 aromatic carbocycles. The Labute approximate surface area is 251 Å². The Kier molecular flexibility index (Phi) is 10.3. The molecule has 4 heterocycles. The van der Waals surface area contributed by atoms with Crippen LogP contribution in [-0.2, 0) is 39.4 Å². The highest BCUT2D eigenvalue weighted by Gasteiger charge is 2.42. The molecule has 2 aliphatic rings. The third-order valence-corrected chi connectivity index (χ3v) is 8.74. The van der Waals surface area contributed by atoms with Crippen molar-refractivity contribution < 1.29 is 43.5 Å². The number of aliphatic hydroxyl groups excluding tert-OH is 2. The number of para-hydroxylation sites is 1. The summed E-state index contributed by atoms with van der Waals surface area (Å²) >= 11 is 1.25. The zero-order valence-corrected chi connectivity index (χ0v) is 25.0. The molecule has 3 aromatic rings. The van der Waals surface area contributed by atoms with E-state index >= 15 is 0 Å². The Morgan fingerprint density at radius 2 is 1.77 bits per heavy atom. The fourth-order valence-corrected chi connectivity index (χ4v) is 6.53. The predicted molar refractivity (Wildman–Crippen MR) is 153 cm³/mol. The van der Waals surface area contributed by atoms with Crippen molar-refractivity contribution in [2.75, 3.05) is 33.8 Å². The number of carboxylic acids is 2. The zero-order valence-electron chi connectivity index (χ0n) is 24.2. The number of carboxylic acid groups (broad SMARTS) is 2. The molecule has 0 saturated carbocycles. The van der Waals surface area contributed by atoms with Crippen LogP contribution in [0.4, 0.5) is 8.78 Å². The van der Waals surface area contributed by atoms with Gasteiger partial charge in [-0.3, -0.25) is 4.90 Å². The number of aryl methyl sites for hydroxylation is 1. The molecule has 11 nitrogen and oxygen atoms in total. The van der Waals surface area contributed by atoms with E-state index in [9.17, 15) is 18.4 Å². The first-order valence-corrected chi connectivity index (χ1v) is 14.6. The van der Waals surface area contributed by atoms with Crippen molar-refractivity contribution in [3.63, 3.8) is 0 Å². The van der Waals surface area contributed by atoms with Crippen LogP contribution in [0.5, 0.6) is 0 Å². The van der Waals surface area contributed by atoms with Crippen LogP contribution in [-0.4, -0.2) is 97.9 Å². The average Bonchev–Trinajstić information content (AvgIpc) is 3.51. The molecule has 5 rings (SSSR count). The number of benzene rings is 1. The van der Waals surface area contributed by atoms with Gasteiger partial charge in [0, 0.05) is 42.8 Å². The third-order valence-electron chi connectivity index (χ3n) is 7.59. The van der Waals surface area contributed by atoms with E-state index in [0.29, 0.717) is 18.8 Å². The highest BCUT2D eigenvalue weighted by atomic mass is 32.1. The van der Waals surface area contributed by atoms with E-state index in [-0.39, 0.29) is 16.5 Å². The first-order chi connectivity index (χ1) is 20.3. The topological polar surface area (TPSA) is 149 Å². The Hall–Kier alpha value is -3.27. The number of aliphatic hydroxyl groups is 2. The van der Waals surface area contributed by atoms with E-state index in [2.05, 4.69) is 10.00 Å². The normalized spacial score (nSPS) is 17.7. The summed E-state index contributed by atoms with van der Waals surface area (Å²) in [5.74, 6) is -3.80. The summed E-state index contributed by atoms with van der Waals surface area (Å²) in [5.41, 5.74) is 4.20. The van der Waals surface area contributed by atoms with Crippen molar-refractivity contribution in [3.05, 3.63) is 68.7 Å². The van der Waals surface area contributed by atoms with Gasteiger partial charge in [0.15, 0.2) is 17.3 Å². The van der Waals surface area contributed by atoms with E-state index in [1.54, 1.807) is 16.8 Å². The van der Waals surface area contributed by atoms with Crippen molar-refractivity contribution >= 4 is 23.3 Å². The number of hydrogen-bond acceptors (Lipinski definition) is 9. The Balaban J connectivity index is 0.000000365. The number of carbonyl (C=O) groups is 2. The summed E-state index contributed by atoms with van der Waals surface area (Å²) in [6, 6.07) is 6.87. The van der Waals surface area contributed by atoms with Gasteiger partial charge in [0.05, 0.1) is 12.3 Å². The summed E-state index contributed by atoms with van der Waals surface area (Å²) in [5, 5.41) is 37.1. The van der Waals surface area contributed by atoms with E-state index in [1.807, 2.05) is 38.2 Å². The molecule has 2 atom stereocenters. The van der Waals surface area contributed by atoms with Crippen molar-refractivity contribution in [1.29, 1.82) is 0 Å². The van der Waals surface area contributed by atoms with Crippen LogP contribution < -0.4 is 0 Å². The molecule has 0 bridgehead atoms. The van der Waals surface area contributed by atoms with Gasteiger partial charge >= 0.3 is 11.9 Å². The number of aliphatic carboxylic acids is 2. The van der Waals surface area contributed by atoms with Crippen LogP contribution in [0, 0.1) is 17.9 Å². The average molecular weight is 623 g/mol. The van der Waals surface area contributed by atoms with Crippen molar-refractivity contribution in [2.24, 2.45) is 0 Å². The van der Waals surface area contributed by atoms with Gasteiger partial charge in [-0.05, 0) is 63.5 Å². The molecule has 2 unspecified atom stereocenters. The molecule has 1 fully saturated rings. The van der Waals surface area contributed by atoms with Crippen LogP contribution in [0.2, 0.25) is 0 Å². The molecule has 1 saturated heterocycles. The quantitative estimate of drug-likeness (QED) is 0.295. The van der Waals surface area contributed by atoms with Gasteiger partial charge in [-0.1, -0.05) is 12.1 Å². The molecule has 0 amide bonds. The number of likely N-dealkylation sites (tertiary alicyclic amines) is 1. The first-order valence-electron chi connectivity index (χ1n) is 13.8. The van der Waals surface area contributed by atoms with Gasteiger partial charge in [0.2, 0.25) is 0 Å². The number of thiophene rings is 1. The minimum absolute atomic E-state index is 0.114. The number of fused-ring (bicyclic) bond motifs is 2. The fourth-order valence-electron chi connectivity index (χ4n) is 5.39. The van der Waals surface area contributed by atoms with Crippen LogP contribution in [0.15, 0.2) is 30.5 Å². The SMILES string of the molecule is Cc1nn(-c2c(F)cccc2CN(C)C)cc1CN1CCC2(CC1)OCCc1cc(F)sc12.O=C(O)C(O)C(O)C(=O)O. The number of ether oxygens (including phenoxy) is 1. The molecule has 2 aromatic heterocycles. The number of halogens is 2. The first kappa shape index (κ1) is 32.6. The highest BCUT2D eigenvalue weighted by Crippen LogP contribution is 2.45. The van der Waals surface area contributed by atoms with Crippen molar-refractivity contribution in [1.82, 2.24) is 19.6 Å². The summed E-state index contributed by atoms with van der Waals surface area (Å²) in [6.07, 6.45) is -0.0667. The van der Waals surface area contributed by atoms with Gasteiger partial charge in [-0.2, -0.15) is 9.49 Å². The monoisotopic (exact) mass is 622 g/mol. The third kappa shape index (κ3) is 7.45. The Morgan fingerprint density at radius 3 is 2.37 bits per heavy atom. The van der Waals surface area contributed by atoms with Crippen LogP contribution >= 0.6 is 11.3 Å². The zero-order chi connectivity index (χ0) is 31.5. The van der Waals surface area contributed by atoms with Crippen molar-refractivity contribution in [2.45, 2.75) is 57.1 Å². The highest BCUT2D eigenvalue weighted by molar-refractivity contribution is 7.10. The molecule has 1 spiro atoms. The molecule has 4 N–H and O–H groups in total. The molecule has 234 valence electrons. The second-order valence-corrected chi connectivity index (χ2v) is 12.0. The van der Waals surface area contributed by atoms with Crippen LogP contribution in [0.3, 0.4) is 0 Å². The summed E-state index contributed by atoms with van der Waals surface area (Å²) < 4.78 is 36.6. The number of rotatable bonds is 8. The number of nitrogens with zero attached hydrogens (tertiary/aromatic N) is 4. The van der Waals surface area contributed by atoms with E-state index < -0.39 is 24.1 Å². The molecule has 2 aliphatic heterocycles. The maximum Gasteiger partial charge on any atom is 0.335 e. The lowest BCUT2D eigenvalue weighted by atomic mass is 9.85. The molecule has 14 heteroatoms. The lowest BCUT2D eigenvalue weighted by Gasteiger charge is -2.43. The smallest absolute Gasteiger partial charge is 0.335 e. The van der Waals surface area contributed by atoms with Gasteiger partial charge in [-0.15, -0.1) is 11.3 Å². The summed E-state index contributed by atoms with van der Waals surface area (Å²) in [4.78, 5) is 25.0. The lowest BCUT2D eigenvalue weighted by Crippen LogP contribution is -2.45. The fraction of sp³-hybridized carbons (Fsp3) is 0.483. The second-order valence-electron chi connectivity index (χ2n) is 11.0. The minimum Gasteiger partial charge on any atom is -0.479 e. The standard InChI is InChI=1S/C25H30F2N4OS.C4H6O6/c1-17-20(16-31(28-17)23-19(14-29(2)3)5-4-6-21(23)26)15-30-10-8-25(9-11-30)24-18(7-12-32-25)13-22(27)33-24;5-1(3(7)8)2(6)4(9)10/h4-6,13,16H,7-12,14-15H2,1-3H3;1-2,5-6H,(H,7,8)(H,9,10). The van der Waals surface area contributed by atoms with Crippen LogP contribution in [0.25, 0.3) is 5.69 Å². The maximum atomic E-state index is 14.8. The number of hydrogen-bond donors (Lipinski definition) is 4. The Morgan fingerprint density at radius 1 is 1.12 bits per heavy atom. The number of aromatic nitrogens is 2. The van der Waals surface area contributed by atoms with E-state index in [0.717, 1.165) is 66.2 Å². The van der Waals surface area contributed by atoms with Gasteiger partial charge in [0.1, 0.15) is 17.1 Å². The molecular formula is C29H36F2N4O7S. The largest absolute Gasteiger partial charge is 0.479 e. The minimum atomic E-state index is -2.27. The maximum absolute atomic E-state index is 14.8. The van der Waals surface area contributed by atoms with Gasteiger partial charge in [0.25, 0.3) is 0 Å². The Bertz CT molecular complexity index is 1430. The van der Waals surface area contributed by atoms with E-state index in [1.165, 1.54) is 17.4 Å². The van der Waals surface area contributed by atoms with Crippen molar-refractivity contribution in [3.8, 4) is 5.69 Å². The lowest BCUT2D eigenvalue weighted by molar-refractivity contribution is -0.165. The molecular weight excluding hydrogens is 586 g/mol. The molecule has 43 heavy (non-hydrogen) atoms. The van der Waals surface area contributed by atoms with Crippen LogP contribution in [0.1, 0.15) is 40.1 Å². The van der Waals surface area contributed by atoms with E-state index in [4.69, 9.17) is 25.2 Å². The summed E-state index contributed by atoms with van der Waals surface area (Å²) in [7, 11) is 3.95. The number of piperidine rings is 1. The predicted octanol–water partition coefficient (Wildman–Crippen LogP) is 2.52. The molecule has 0 aliphatic carbocycles. The van der Waals surface area contributed by atoms with Gasteiger partial charge < -0.3 is 30.1 Å². The van der Waals surface area contributed by atoms with Gasteiger partial charge in [-0.25, -0.2) is 18.7 Å². The summed E-state index contributed by atoms with van der Waals surface area (Å²) in [6.45, 7) is 5.78.